The Morgan fingerprint density at radius 2 is 1.96 bits per heavy atom. The summed E-state index contributed by atoms with van der Waals surface area (Å²) >= 11 is 1.42. The molecule has 7 nitrogen and oxygen atoms in total. The minimum Gasteiger partial charge on any atom is -0.480 e. The number of rotatable bonds is 5. The topological polar surface area (TPSA) is 88.3 Å². The highest BCUT2D eigenvalue weighted by Crippen LogP contribution is 2.24. The van der Waals surface area contributed by atoms with Crippen molar-refractivity contribution >= 4 is 23.6 Å². The number of amides is 1. The van der Waals surface area contributed by atoms with Gasteiger partial charge in [0.05, 0.1) is 18.8 Å². The summed E-state index contributed by atoms with van der Waals surface area (Å²) in [4.78, 5) is 26.7. The van der Waals surface area contributed by atoms with Crippen molar-refractivity contribution in [2.24, 2.45) is 0 Å². The van der Waals surface area contributed by atoms with E-state index >= 15 is 0 Å². The van der Waals surface area contributed by atoms with Crippen LogP contribution in [0.4, 0.5) is 0 Å². The molecule has 0 fully saturated rings. The second-order valence-electron chi connectivity index (χ2n) is 6.66. The van der Waals surface area contributed by atoms with Gasteiger partial charge in [0, 0.05) is 4.90 Å². The van der Waals surface area contributed by atoms with Crippen molar-refractivity contribution in [3.63, 3.8) is 0 Å². The second kappa shape index (κ2) is 7.49. The molecule has 1 N–H and O–H groups in total. The Kier molecular flexibility index (Phi) is 5.31. The van der Waals surface area contributed by atoms with Gasteiger partial charge < -0.3 is 14.6 Å². The van der Waals surface area contributed by atoms with Crippen LogP contribution in [0.3, 0.4) is 0 Å². The van der Waals surface area contributed by atoms with Gasteiger partial charge in [0.25, 0.3) is 0 Å². The van der Waals surface area contributed by atoms with E-state index in [1.54, 1.807) is 11.5 Å². The molecule has 0 aliphatic carbocycles. The Labute approximate surface area is 156 Å². The fraction of sp³-hybridized carbons (Fsp3) is 0.444. The van der Waals surface area contributed by atoms with Crippen molar-refractivity contribution in [1.29, 1.82) is 0 Å². The van der Waals surface area contributed by atoms with E-state index < -0.39 is 12.0 Å². The Bertz CT molecular complexity index is 816. The van der Waals surface area contributed by atoms with Gasteiger partial charge in [-0.3, -0.25) is 4.79 Å². The number of carbonyl (C=O) groups is 2. The molecule has 138 valence electrons. The minimum atomic E-state index is -1.01. The molecule has 0 radical (unpaired) electrons. The number of aliphatic carboxylic acids is 1. The molecule has 0 saturated carbocycles. The molecule has 1 aliphatic heterocycles. The molecule has 1 unspecified atom stereocenters. The SMILES string of the molecule is Cc1nnc2n1CC(C(=O)O)N(C(=O)CSc1ccc(C(C)C)cc1)C2. The summed E-state index contributed by atoms with van der Waals surface area (Å²) < 4.78 is 1.76. The fourth-order valence-electron chi connectivity index (χ4n) is 2.96. The van der Waals surface area contributed by atoms with Gasteiger partial charge in [0.15, 0.2) is 5.82 Å². The summed E-state index contributed by atoms with van der Waals surface area (Å²) in [6.45, 7) is 6.40. The van der Waals surface area contributed by atoms with Crippen LogP contribution in [0.15, 0.2) is 29.2 Å². The van der Waals surface area contributed by atoms with Crippen LogP contribution in [0.25, 0.3) is 0 Å². The van der Waals surface area contributed by atoms with Crippen LogP contribution in [0.5, 0.6) is 0 Å². The molecule has 0 bridgehead atoms. The van der Waals surface area contributed by atoms with Crippen LogP contribution in [0, 0.1) is 6.92 Å². The van der Waals surface area contributed by atoms with E-state index in [1.807, 2.05) is 12.1 Å². The molecule has 0 spiro atoms. The average molecular weight is 374 g/mol. The number of aromatic nitrogens is 3. The maximum absolute atomic E-state index is 12.7. The van der Waals surface area contributed by atoms with Crippen LogP contribution in [-0.4, -0.2) is 48.4 Å². The van der Waals surface area contributed by atoms with Crippen molar-refractivity contribution in [3.05, 3.63) is 41.5 Å². The molecule has 1 aromatic carbocycles. The summed E-state index contributed by atoms with van der Waals surface area (Å²) in [5.41, 5.74) is 1.25. The molecular formula is C18H22N4O3S. The number of benzene rings is 1. The summed E-state index contributed by atoms with van der Waals surface area (Å²) in [6, 6.07) is 7.22. The van der Waals surface area contributed by atoms with E-state index in [2.05, 4.69) is 36.2 Å². The number of hydrogen-bond acceptors (Lipinski definition) is 5. The van der Waals surface area contributed by atoms with Gasteiger partial charge in [-0.25, -0.2) is 4.79 Å². The number of carbonyl (C=O) groups excluding carboxylic acids is 1. The molecule has 1 amide bonds. The average Bonchev–Trinajstić information content (AvgIpc) is 2.99. The third kappa shape index (κ3) is 3.75. The summed E-state index contributed by atoms with van der Waals surface area (Å²) in [7, 11) is 0. The molecule has 26 heavy (non-hydrogen) atoms. The van der Waals surface area contributed by atoms with Crippen LogP contribution >= 0.6 is 11.8 Å². The molecule has 2 heterocycles. The van der Waals surface area contributed by atoms with Gasteiger partial charge in [-0.2, -0.15) is 0 Å². The summed E-state index contributed by atoms with van der Waals surface area (Å²) in [6.07, 6.45) is 0. The number of hydrogen-bond donors (Lipinski definition) is 1. The van der Waals surface area contributed by atoms with Crippen molar-refractivity contribution in [1.82, 2.24) is 19.7 Å². The van der Waals surface area contributed by atoms with E-state index in [1.165, 1.54) is 22.2 Å². The lowest BCUT2D eigenvalue weighted by Crippen LogP contribution is -2.51. The molecule has 1 aromatic heterocycles. The Balaban J connectivity index is 1.68. The fourth-order valence-corrected chi connectivity index (χ4v) is 3.75. The highest BCUT2D eigenvalue weighted by atomic mass is 32.2. The predicted molar refractivity (Wildman–Crippen MR) is 98.0 cm³/mol. The highest BCUT2D eigenvalue weighted by molar-refractivity contribution is 8.00. The van der Waals surface area contributed by atoms with Gasteiger partial charge in [-0.05, 0) is 30.5 Å². The maximum Gasteiger partial charge on any atom is 0.328 e. The van der Waals surface area contributed by atoms with Gasteiger partial charge in [0.1, 0.15) is 11.9 Å². The minimum absolute atomic E-state index is 0.170. The number of nitrogens with zero attached hydrogens (tertiary/aromatic N) is 4. The Hall–Kier alpha value is -2.35. The number of thioether (sulfide) groups is 1. The summed E-state index contributed by atoms with van der Waals surface area (Å²) in [5.74, 6) is 0.724. The van der Waals surface area contributed by atoms with E-state index in [9.17, 15) is 14.7 Å². The number of carboxylic acid groups (broad SMARTS) is 1. The lowest BCUT2D eigenvalue weighted by Gasteiger charge is -2.33. The Morgan fingerprint density at radius 1 is 1.27 bits per heavy atom. The first-order valence-electron chi connectivity index (χ1n) is 8.50. The maximum atomic E-state index is 12.7. The molecule has 1 atom stereocenters. The largest absolute Gasteiger partial charge is 0.480 e. The first-order valence-corrected chi connectivity index (χ1v) is 9.49. The monoisotopic (exact) mass is 374 g/mol. The lowest BCUT2D eigenvalue weighted by molar-refractivity contribution is -0.151. The second-order valence-corrected chi connectivity index (χ2v) is 7.71. The van der Waals surface area contributed by atoms with Gasteiger partial charge in [-0.1, -0.05) is 26.0 Å². The van der Waals surface area contributed by atoms with Crippen LogP contribution in [-0.2, 0) is 22.7 Å². The first kappa shape index (κ1) is 18.4. The van der Waals surface area contributed by atoms with Crippen LogP contribution < -0.4 is 0 Å². The van der Waals surface area contributed by atoms with Crippen molar-refractivity contribution < 1.29 is 14.7 Å². The van der Waals surface area contributed by atoms with Gasteiger partial charge in [-0.15, -0.1) is 22.0 Å². The third-order valence-corrected chi connectivity index (χ3v) is 5.57. The number of aryl methyl sites for hydroxylation is 1. The zero-order valence-electron chi connectivity index (χ0n) is 15.0. The van der Waals surface area contributed by atoms with E-state index in [0.29, 0.717) is 17.6 Å². The van der Waals surface area contributed by atoms with E-state index in [4.69, 9.17) is 0 Å². The third-order valence-electron chi connectivity index (χ3n) is 4.57. The number of fused-ring (bicyclic) bond motifs is 1. The predicted octanol–water partition coefficient (Wildman–Crippen LogP) is 2.30. The van der Waals surface area contributed by atoms with Gasteiger partial charge in [0.2, 0.25) is 5.91 Å². The van der Waals surface area contributed by atoms with Crippen molar-refractivity contribution in [2.75, 3.05) is 5.75 Å². The molecule has 3 rings (SSSR count). The zero-order valence-corrected chi connectivity index (χ0v) is 15.9. The normalized spacial score (nSPS) is 16.6. The van der Waals surface area contributed by atoms with Gasteiger partial charge >= 0.3 is 5.97 Å². The van der Waals surface area contributed by atoms with Crippen LogP contribution in [0.1, 0.15) is 37.0 Å². The standard InChI is InChI=1S/C18H22N4O3S/c1-11(2)13-4-6-14(7-5-13)26-10-17(23)22-9-16-20-19-12(3)21(16)8-15(22)18(24)25/h4-7,11,15H,8-10H2,1-3H3,(H,24,25). The summed E-state index contributed by atoms with van der Waals surface area (Å²) in [5, 5.41) is 17.5. The Morgan fingerprint density at radius 3 is 2.58 bits per heavy atom. The van der Waals surface area contributed by atoms with Crippen LogP contribution in [0.2, 0.25) is 0 Å². The lowest BCUT2D eigenvalue weighted by atomic mass is 10.0. The quantitative estimate of drug-likeness (QED) is 0.808. The van der Waals surface area contributed by atoms with E-state index in [-0.39, 0.29) is 24.7 Å². The molecule has 2 aromatic rings. The molecule has 1 aliphatic rings. The smallest absolute Gasteiger partial charge is 0.328 e. The van der Waals surface area contributed by atoms with Crippen molar-refractivity contribution in [2.45, 2.75) is 50.7 Å². The van der Waals surface area contributed by atoms with E-state index in [0.717, 1.165) is 4.90 Å². The number of carboxylic acids is 1. The highest BCUT2D eigenvalue weighted by Gasteiger charge is 2.36. The van der Waals surface area contributed by atoms with Crippen molar-refractivity contribution in [3.8, 4) is 0 Å². The zero-order chi connectivity index (χ0) is 18.8. The molecule has 0 saturated heterocycles. The first-order chi connectivity index (χ1) is 12.4. The molecular weight excluding hydrogens is 352 g/mol. The molecule has 8 heteroatoms.